The SMILES string of the molecule is CC(C)OCCCCNc1nc2ccc(N)cc2s1. The van der Waals surface area contributed by atoms with E-state index in [-0.39, 0.29) is 0 Å². The predicted molar refractivity (Wildman–Crippen MR) is 82.8 cm³/mol. The van der Waals surface area contributed by atoms with Gasteiger partial charge in [0, 0.05) is 18.8 Å². The quantitative estimate of drug-likeness (QED) is 0.601. The third-order valence-electron chi connectivity index (χ3n) is 2.71. The molecule has 0 saturated carbocycles. The smallest absolute Gasteiger partial charge is 0.183 e. The highest BCUT2D eigenvalue weighted by Crippen LogP contribution is 2.27. The fraction of sp³-hybridized carbons (Fsp3) is 0.500. The van der Waals surface area contributed by atoms with Crippen molar-refractivity contribution < 1.29 is 4.74 Å². The van der Waals surface area contributed by atoms with Gasteiger partial charge in [-0.2, -0.15) is 0 Å². The molecule has 0 aliphatic heterocycles. The van der Waals surface area contributed by atoms with Crippen LogP contribution in [0.1, 0.15) is 26.7 Å². The van der Waals surface area contributed by atoms with Crippen molar-refractivity contribution in [2.75, 3.05) is 24.2 Å². The summed E-state index contributed by atoms with van der Waals surface area (Å²) in [5, 5.41) is 4.32. The maximum Gasteiger partial charge on any atom is 0.183 e. The lowest BCUT2D eigenvalue weighted by Gasteiger charge is -2.07. The molecular weight excluding hydrogens is 258 g/mol. The highest BCUT2D eigenvalue weighted by atomic mass is 32.1. The number of ether oxygens (including phenoxy) is 1. The van der Waals surface area contributed by atoms with Crippen LogP contribution in [0.5, 0.6) is 0 Å². The molecule has 104 valence electrons. The van der Waals surface area contributed by atoms with Crippen LogP contribution in [-0.4, -0.2) is 24.2 Å². The third-order valence-corrected chi connectivity index (χ3v) is 3.69. The van der Waals surface area contributed by atoms with Crippen LogP contribution in [0.3, 0.4) is 0 Å². The predicted octanol–water partition coefficient (Wildman–Crippen LogP) is 3.50. The van der Waals surface area contributed by atoms with Gasteiger partial charge in [0.15, 0.2) is 5.13 Å². The molecular formula is C14H21N3OS. The van der Waals surface area contributed by atoms with Crippen LogP contribution in [0, 0.1) is 0 Å². The van der Waals surface area contributed by atoms with Gasteiger partial charge in [-0.05, 0) is 44.9 Å². The molecule has 19 heavy (non-hydrogen) atoms. The van der Waals surface area contributed by atoms with Gasteiger partial charge in [-0.1, -0.05) is 11.3 Å². The summed E-state index contributed by atoms with van der Waals surface area (Å²) in [6.07, 6.45) is 2.48. The molecule has 0 fully saturated rings. The zero-order valence-corrected chi connectivity index (χ0v) is 12.3. The Hall–Kier alpha value is -1.33. The van der Waals surface area contributed by atoms with E-state index >= 15 is 0 Å². The zero-order valence-electron chi connectivity index (χ0n) is 11.5. The molecule has 1 heterocycles. The molecule has 0 atom stereocenters. The van der Waals surface area contributed by atoms with E-state index in [9.17, 15) is 0 Å². The van der Waals surface area contributed by atoms with Crippen molar-refractivity contribution in [1.29, 1.82) is 0 Å². The monoisotopic (exact) mass is 279 g/mol. The van der Waals surface area contributed by atoms with Crippen LogP contribution < -0.4 is 11.1 Å². The molecule has 0 aliphatic carbocycles. The average molecular weight is 279 g/mol. The summed E-state index contributed by atoms with van der Waals surface area (Å²) >= 11 is 1.65. The molecule has 0 bridgehead atoms. The summed E-state index contributed by atoms with van der Waals surface area (Å²) in [6.45, 7) is 5.88. The topological polar surface area (TPSA) is 60.2 Å². The first-order chi connectivity index (χ1) is 9.15. The van der Waals surface area contributed by atoms with Crippen LogP contribution in [0.15, 0.2) is 18.2 Å². The second kappa shape index (κ2) is 6.73. The maximum atomic E-state index is 5.76. The first kappa shape index (κ1) is 14.1. The summed E-state index contributed by atoms with van der Waals surface area (Å²) in [6, 6.07) is 5.81. The van der Waals surface area contributed by atoms with Gasteiger partial charge in [0.25, 0.3) is 0 Å². The summed E-state index contributed by atoms with van der Waals surface area (Å²) < 4.78 is 6.63. The van der Waals surface area contributed by atoms with Crippen LogP contribution in [0.25, 0.3) is 10.2 Å². The van der Waals surface area contributed by atoms with Crippen molar-refractivity contribution in [3.8, 4) is 0 Å². The van der Waals surface area contributed by atoms with Crippen molar-refractivity contribution in [1.82, 2.24) is 4.98 Å². The lowest BCUT2D eigenvalue weighted by atomic mass is 10.3. The highest BCUT2D eigenvalue weighted by molar-refractivity contribution is 7.22. The average Bonchev–Trinajstić information content (AvgIpc) is 2.75. The van der Waals surface area contributed by atoms with E-state index in [0.29, 0.717) is 6.10 Å². The Morgan fingerprint density at radius 3 is 3.00 bits per heavy atom. The first-order valence-electron chi connectivity index (χ1n) is 6.66. The number of rotatable bonds is 7. The summed E-state index contributed by atoms with van der Waals surface area (Å²) in [5.74, 6) is 0. The number of nitrogens with two attached hydrogens (primary N) is 1. The molecule has 3 N–H and O–H groups in total. The van der Waals surface area contributed by atoms with E-state index in [2.05, 4.69) is 24.1 Å². The molecule has 0 radical (unpaired) electrons. The standard InChI is InChI=1S/C14H21N3OS/c1-10(2)18-8-4-3-7-16-14-17-12-6-5-11(15)9-13(12)19-14/h5-6,9-10H,3-4,7-8,15H2,1-2H3,(H,16,17). The zero-order chi connectivity index (χ0) is 13.7. The Morgan fingerprint density at radius 1 is 1.37 bits per heavy atom. The molecule has 2 aromatic rings. The molecule has 1 aromatic heterocycles. The number of nitrogens with zero attached hydrogens (tertiary/aromatic N) is 1. The van der Waals surface area contributed by atoms with Crippen LogP contribution in [0.2, 0.25) is 0 Å². The molecule has 0 spiro atoms. The number of thiazole rings is 1. The largest absolute Gasteiger partial charge is 0.399 e. The van der Waals surface area contributed by atoms with Gasteiger partial charge in [0.2, 0.25) is 0 Å². The molecule has 4 nitrogen and oxygen atoms in total. The highest BCUT2D eigenvalue weighted by Gasteiger charge is 2.03. The van der Waals surface area contributed by atoms with E-state index in [1.165, 1.54) is 0 Å². The third kappa shape index (κ3) is 4.36. The van der Waals surface area contributed by atoms with Gasteiger partial charge in [-0.15, -0.1) is 0 Å². The van der Waals surface area contributed by atoms with Gasteiger partial charge in [-0.3, -0.25) is 0 Å². The van der Waals surface area contributed by atoms with Gasteiger partial charge >= 0.3 is 0 Å². The summed E-state index contributed by atoms with van der Waals surface area (Å²) in [4.78, 5) is 4.52. The van der Waals surface area contributed by atoms with Gasteiger partial charge in [0.05, 0.1) is 16.3 Å². The van der Waals surface area contributed by atoms with Gasteiger partial charge in [0.1, 0.15) is 0 Å². The van der Waals surface area contributed by atoms with E-state index in [1.54, 1.807) is 11.3 Å². The van der Waals surface area contributed by atoms with E-state index in [4.69, 9.17) is 10.5 Å². The number of benzene rings is 1. The number of nitrogen functional groups attached to an aromatic ring is 1. The number of unbranched alkanes of at least 4 members (excludes halogenated alkanes) is 1. The molecule has 5 heteroatoms. The van der Waals surface area contributed by atoms with Crippen LogP contribution in [0.4, 0.5) is 10.8 Å². The summed E-state index contributed by atoms with van der Waals surface area (Å²) in [7, 11) is 0. The van der Waals surface area contributed by atoms with Crippen molar-refractivity contribution in [3.05, 3.63) is 18.2 Å². The Kier molecular flexibility index (Phi) is 4.99. The number of fused-ring (bicyclic) bond motifs is 1. The number of nitrogens with one attached hydrogen (secondary N) is 1. The van der Waals surface area contributed by atoms with Crippen LogP contribution >= 0.6 is 11.3 Å². The second-order valence-corrected chi connectivity index (χ2v) is 5.83. The lowest BCUT2D eigenvalue weighted by molar-refractivity contribution is 0.0765. The Morgan fingerprint density at radius 2 is 2.21 bits per heavy atom. The lowest BCUT2D eigenvalue weighted by Crippen LogP contribution is -2.06. The van der Waals surface area contributed by atoms with Crippen molar-refractivity contribution in [2.24, 2.45) is 0 Å². The van der Waals surface area contributed by atoms with E-state index in [0.717, 1.165) is 47.0 Å². The number of anilines is 2. The molecule has 0 aliphatic rings. The molecule has 0 amide bonds. The van der Waals surface area contributed by atoms with Crippen molar-refractivity contribution >= 4 is 32.4 Å². The molecule has 2 rings (SSSR count). The first-order valence-corrected chi connectivity index (χ1v) is 7.48. The van der Waals surface area contributed by atoms with Crippen molar-refractivity contribution in [3.63, 3.8) is 0 Å². The minimum absolute atomic E-state index is 0.322. The van der Waals surface area contributed by atoms with Crippen LogP contribution in [-0.2, 0) is 4.74 Å². The number of aromatic nitrogens is 1. The Labute approximate surface area is 118 Å². The maximum absolute atomic E-state index is 5.76. The van der Waals surface area contributed by atoms with Gasteiger partial charge in [-0.25, -0.2) is 4.98 Å². The van der Waals surface area contributed by atoms with Gasteiger partial charge < -0.3 is 15.8 Å². The minimum Gasteiger partial charge on any atom is -0.399 e. The molecule has 1 aromatic carbocycles. The Bertz CT molecular complexity index is 524. The van der Waals surface area contributed by atoms with E-state index in [1.807, 2.05) is 18.2 Å². The van der Waals surface area contributed by atoms with E-state index < -0.39 is 0 Å². The second-order valence-electron chi connectivity index (χ2n) is 4.80. The molecule has 0 unspecified atom stereocenters. The summed E-state index contributed by atoms with van der Waals surface area (Å²) in [5.41, 5.74) is 7.55. The fourth-order valence-corrected chi connectivity index (χ4v) is 2.70. The normalized spacial score (nSPS) is 11.3. The number of hydrogen-bond donors (Lipinski definition) is 2. The Balaban J connectivity index is 1.75. The minimum atomic E-state index is 0.322. The number of hydrogen-bond acceptors (Lipinski definition) is 5. The van der Waals surface area contributed by atoms with Crippen molar-refractivity contribution in [2.45, 2.75) is 32.8 Å². The fourth-order valence-electron chi connectivity index (χ4n) is 1.76. The molecule has 0 saturated heterocycles.